The van der Waals surface area contributed by atoms with E-state index in [2.05, 4.69) is 16.8 Å². The summed E-state index contributed by atoms with van der Waals surface area (Å²) < 4.78 is 1.72. The fourth-order valence-corrected chi connectivity index (χ4v) is 0.903. The van der Waals surface area contributed by atoms with Gasteiger partial charge in [0, 0.05) is 19.2 Å². The van der Waals surface area contributed by atoms with Crippen LogP contribution in [0.3, 0.4) is 0 Å². The lowest BCUT2D eigenvalue weighted by Gasteiger charge is -1.94. The van der Waals surface area contributed by atoms with Crippen molar-refractivity contribution < 1.29 is 9.90 Å². The lowest BCUT2D eigenvalue weighted by Crippen LogP contribution is -1.96. The van der Waals surface area contributed by atoms with Crippen molar-refractivity contribution in [3.8, 4) is 11.8 Å². The van der Waals surface area contributed by atoms with E-state index in [4.69, 9.17) is 5.11 Å². The van der Waals surface area contributed by atoms with E-state index >= 15 is 0 Å². The average Bonchev–Trinajstić information content (AvgIpc) is 2.53. The third kappa shape index (κ3) is 2.64. The highest BCUT2D eigenvalue weighted by Crippen LogP contribution is 1.96. The second-order valence-electron chi connectivity index (χ2n) is 2.48. The second-order valence-corrected chi connectivity index (χ2v) is 2.48. The molecule has 0 saturated carbocycles. The lowest BCUT2D eigenvalue weighted by molar-refractivity contribution is 0.0691. The van der Waals surface area contributed by atoms with Crippen LogP contribution in [-0.4, -0.2) is 20.6 Å². The summed E-state index contributed by atoms with van der Waals surface area (Å²) in [7, 11) is 0. The largest absolute Gasteiger partial charge is 0.476 e. The number of aromatic carboxylic acids is 1. The zero-order valence-electron chi connectivity index (χ0n) is 7.32. The Bertz CT molecular complexity index is 357. The smallest absolute Gasteiger partial charge is 0.356 e. The zero-order valence-corrected chi connectivity index (χ0v) is 7.32. The van der Waals surface area contributed by atoms with Crippen LogP contribution < -0.4 is 0 Å². The van der Waals surface area contributed by atoms with Crippen molar-refractivity contribution in [2.45, 2.75) is 19.9 Å². The van der Waals surface area contributed by atoms with Gasteiger partial charge in [0.25, 0.3) is 0 Å². The first-order valence-corrected chi connectivity index (χ1v) is 3.88. The Balaban J connectivity index is 2.57. The monoisotopic (exact) mass is 178 g/mol. The molecule has 1 heterocycles. The lowest BCUT2D eigenvalue weighted by atomic mass is 10.4. The SMILES string of the molecule is CC#CCCn1cnc(C(=O)O)c1. The van der Waals surface area contributed by atoms with Gasteiger partial charge in [-0.05, 0) is 6.92 Å². The Kier molecular flexibility index (Phi) is 3.09. The maximum atomic E-state index is 10.4. The third-order valence-corrected chi connectivity index (χ3v) is 1.52. The van der Waals surface area contributed by atoms with E-state index in [1.165, 1.54) is 12.5 Å². The Hall–Kier alpha value is -1.76. The van der Waals surface area contributed by atoms with Crippen molar-refractivity contribution in [1.29, 1.82) is 0 Å². The van der Waals surface area contributed by atoms with Crippen molar-refractivity contribution in [3.63, 3.8) is 0 Å². The number of aromatic nitrogens is 2. The molecule has 0 aliphatic heterocycles. The van der Waals surface area contributed by atoms with Crippen molar-refractivity contribution >= 4 is 5.97 Å². The van der Waals surface area contributed by atoms with E-state index in [1.807, 2.05) is 0 Å². The Morgan fingerprint density at radius 3 is 3.08 bits per heavy atom. The number of hydrogen-bond donors (Lipinski definition) is 1. The molecule has 0 bridgehead atoms. The molecule has 1 N–H and O–H groups in total. The molecule has 0 amide bonds. The summed E-state index contributed by atoms with van der Waals surface area (Å²) in [4.78, 5) is 14.2. The quantitative estimate of drug-likeness (QED) is 0.702. The first-order chi connectivity index (χ1) is 6.24. The van der Waals surface area contributed by atoms with Gasteiger partial charge >= 0.3 is 5.97 Å². The van der Waals surface area contributed by atoms with E-state index in [9.17, 15) is 4.79 Å². The van der Waals surface area contributed by atoms with Crippen LogP contribution in [0, 0.1) is 11.8 Å². The van der Waals surface area contributed by atoms with Gasteiger partial charge in [-0.25, -0.2) is 9.78 Å². The van der Waals surface area contributed by atoms with Crippen LogP contribution in [-0.2, 0) is 6.54 Å². The van der Waals surface area contributed by atoms with Gasteiger partial charge < -0.3 is 9.67 Å². The van der Waals surface area contributed by atoms with Crippen molar-refractivity contribution in [2.24, 2.45) is 0 Å². The predicted octanol–water partition coefficient (Wildman–Crippen LogP) is 0.995. The van der Waals surface area contributed by atoms with Crippen molar-refractivity contribution in [1.82, 2.24) is 9.55 Å². The number of carbonyl (C=O) groups is 1. The van der Waals surface area contributed by atoms with Gasteiger partial charge in [-0.1, -0.05) is 0 Å². The molecule has 1 rings (SSSR count). The first kappa shape index (κ1) is 9.33. The molecule has 0 aliphatic carbocycles. The number of aryl methyl sites for hydroxylation is 1. The molecule has 1 aromatic rings. The summed E-state index contributed by atoms with van der Waals surface area (Å²) in [6.45, 7) is 2.46. The average molecular weight is 178 g/mol. The van der Waals surface area contributed by atoms with Crippen LogP contribution in [0.1, 0.15) is 23.8 Å². The third-order valence-electron chi connectivity index (χ3n) is 1.52. The summed E-state index contributed by atoms with van der Waals surface area (Å²) in [6, 6.07) is 0. The Morgan fingerprint density at radius 1 is 1.77 bits per heavy atom. The van der Waals surface area contributed by atoms with E-state index < -0.39 is 5.97 Å². The summed E-state index contributed by atoms with van der Waals surface area (Å²) in [5, 5.41) is 8.57. The van der Waals surface area contributed by atoms with Crippen LogP contribution in [0.4, 0.5) is 0 Å². The zero-order chi connectivity index (χ0) is 9.68. The molecule has 4 nitrogen and oxygen atoms in total. The number of rotatable bonds is 3. The molecule has 0 saturated heterocycles. The number of nitrogens with zero attached hydrogens (tertiary/aromatic N) is 2. The summed E-state index contributed by atoms with van der Waals surface area (Å²) in [6.07, 6.45) is 3.71. The van der Waals surface area contributed by atoms with Crippen LogP contribution >= 0.6 is 0 Å². The maximum absolute atomic E-state index is 10.4. The molecule has 13 heavy (non-hydrogen) atoms. The Labute approximate surface area is 76.2 Å². The molecular formula is C9H10N2O2. The summed E-state index contributed by atoms with van der Waals surface area (Å²) in [5.41, 5.74) is 0.0736. The molecular weight excluding hydrogens is 168 g/mol. The Morgan fingerprint density at radius 2 is 2.54 bits per heavy atom. The fourth-order valence-electron chi connectivity index (χ4n) is 0.903. The number of hydrogen-bond acceptors (Lipinski definition) is 2. The van der Waals surface area contributed by atoms with E-state index in [1.54, 1.807) is 11.5 Å². The van der Waals surface area contributed by atoms with Crippen molar-refractivity contribution in [2.75, 3.05) is 0 Å². The molecule has 0 atom stereocenters. The minimum Gasteiger partial charge on any atom is -0.476 e. The number of carboxylic acid groups (broad SMARTS) is 1. The van der Waals surface area contributed by atoms with Gasteiger partial charge in [-0.15, -0.1) is 11.8 Å². The van der Waals surface area contributed by atoms with Gasteiger partial charge in [0.2, 0.25) is 0 Å². The molecule has 0 aliphatic rings. The predicted molar refractivity (Wildman–Crippen MR) is 47.3 cm³/mol. The number of carboxylic acids is 1. The minimum absolute atomic E-state index is 0.0736. The van der Waals surface area contributed by atoms with Gasteiger partial charge in [0.05, 0.1) is 6.33 Å². The molecule has 0 radical (unpaired) electrons. The standard InChI is InChI=1S/C9H10N2O2/c1-2-3-4-5-11-6-8(9(12)13)10-7-11/h6-7H,4-5H2,1H3,(H,12,13). The van der Waals surface area contributed by atoms with Crippen LogP contribution in [0.15, 0.2) is 12.5 Å². The highest BCUT2D eigenvalue weighted by molar-refractivity contribution is 5.84. The summed E-state index contributed by atoms with van der Waals surface area (Å²) >= 11 is 0. The van der Waals surface area contributed by atoms with Gasteiger partial charge in [0.15, 0.2) is 5.69 Å². The molecule has 0 unspecified atom stereocenters. The van der Waals surface area contributed by atoms with Crippen molar-refractivity contribution in [3.05, 3.63) is 18.2 Å². The van der Waals surface area contributed by atoms with Gasteiger partial charge in [-0.3, -0.25) is 0 Å². The van der Waals surface area contributed by atoms with E-state index in [0.29, 0.717) is 13.0 Å². The molecule has 68 valence electrons. The normalized spacial score (nSPS) is 9.00. The van der Waals surface area contributed by atoms with E-state index in [0.717, 1.165) is 0 Å². The van der Waals surface area contributed by atoms with Crippen LogP contribution in [0.2, 0.25) is 0 Å². The second kappa shape index (κ2) is 4.31. The molecule has 4 heteroatoms. The molecule has 0 fully saturated rings. The number of imidazole rings is 1. The van der Waals surface area contributed by atoms with Crippen LogP contribution in [0.25, 0.3) is 0 Å². The molecule has 1 aromatic heterocycles. The topological polar surface area (TPSA) is 55.1 Å². The summed E-state index contributed by atoms with van der Waals surface area (Å²) in [5.74, 6) is 4.66. The van der Waals surface area contributed by atoms with Gasteiger partial charge in [-0.2, -0.15) is 0 Å². The minimum atomic E-state index is -1.000. The fraction of sp³-hybridized carbons (Fsp3) is 0.333. The molecule has 0 aromatic carbocycles. The van der Waals surface area contributed by atoms with Gasteiger partial charge in [0.1, 0.15) is 0 Å². The first-order valence-electron chi connectivity index (χ1n) is 3.88. The maximum Gasteiger partial charge on any atom is 0.356 e. The highest BCUT2D eigenvalue weighted by atomic mass is 16.4. The highest BCUT2D eigenvalue weighted by Gasteiger charge is 2.05. The van der Waals surface area contributed by atoms with Crippen LogP contribution in [0.5, 0.6) is 0 Å². The van der Waals surface area contributed by atoms with E-state index in [-0.39, 0.29) is 5.69 Å². The molecule has 0 spiro atoms.